The minimum atomic E-state index is 0.126. The molecule has 2 rings (SSSR count). The number of hydrogen-bond acceptors (Lipinski definition) is 2. The molecule has 0 N–H and O–H groups in total. The standard InChI is InChI=1S/C11H8NS/c13-11-7-2-1-5-9(11)10-6-3-4-8-12-10/h1-6,8-9H. The van der Waals surface area contributed by atoms with E-state index in [4.69, 9.17) is 12.2 Å². The first-order valence-electron chi connectivity index (χ1n) is 4.09. The zero-order valence-corrected chi connectivity index (χ0v) is 7.79. The van der Waals surface area contributed by atoms with E-state index in [9.17, 15) is 0 Å². The molecule has 1 aromatic rings. The van der Waals surface area contributed by atoms with E-state index in [1.807, 2.05) is 36.4 Å². The quantitative estimate of drug-likeness (QED) is 0.625. The Morgan fingerprint density at radius 2 is 2.31 bits per heavy atom. The molecule has 0 spiro atoms. The molecule has 1 aromatic heterocycles. The van der Waals surface area contributed by atoms with Crippen molar-refractivity contribution in [3.8, 4) is 0 Å². The van der Waals surface area contributed by atoms with Crippen LogP contribution in [-0.2, 0) is 0 Å². The Kier molecular flexibility index (Phi) is 2.32. The fourth-order valence-corrected chi connectivity index (χ4v) is 1.53. The van der Waals surface area contributed by atoms with Gasteiger partial charge in [0.1, 0.15) is 0 Å². The third-order valence-corrected chi connectivity index (χ3v) is 2.29. The zero-order chi connectivity index (χ0) is 9.10. The normalized spacial score (nSPS) is 20.6. The molecule has 13 heavy (non-hydrogen) atoms. The maximum absolute atomic E-state index is 5.18. The van der Waals surface area contributed by atoms with Gasteiger partial charge in [0, 0.05) is 11.1 Å². The molecule has 1 atom stereocenters. The number of pyridine rings is 1. The van der Waals surface area contributed by atoms with Crippen LogP contribution in [0.5, 0.6) is 0 Å². The van der Waals surface area contributed by atoms with Crippen LogP contribution in [0.1, 0.15) is 11.6 Å². The Morgan fingerprint density at radius 1 is 1.38 bits per heavy atom. The third kappa shape index (κ3) is 1.73. The molecule has 0 aliphatic heterocycles. The van der Waals surface area contributed by atoms with Crippen LogP contribution in [0.3, 0.4) is 0 Å². The van der Waals surface area contributed by atoms with Crippen LogP contribution in [0.25, 0.3) is 0 Å². The van der Waals surface area contributed by atoms with Crippen LogP contribution >= 0.6 is 12.2 Å². The molecule has 2 heteroatoms. The lowest BCUT2D eigenvalue weighted by Crippen LogP contribution is -2.09. The summed E-state index contributed by atoms with van der Waals surface area (Å²) in [4.78, 5) is 5.07. The van der Waals surface area contributed by atoms with Crippen molar-refractivity contribution in [2.45, 2.75) is 5.92 Å². The monoisotopic (exact) mass is 186 g/mol. The molecular weight excluding hydrogens is 178 g/mol. The number of allylic oxidation sites excluding steroid dienone is 4. The molecule has 1 unspecified atom stereocenters. The average molecular weight is 186 g/mol. The topological polar surface area (TPSA) is 12.9 Å². The van der Waals surface area contributed by atoms with Crippen molar-refractivity contribution < 1.29 is 0 Å². The number of thiocarbonyl (C=S) groups is 1. The molecule has 0 saturated heterocycles. The number of aromatic nitrogens is 1. The first-order valence-corrected chi connectivity index (χ1v) is 4.50. The molecule has 1 nitrogen and oxygen atoms in total. The van der Waals surface area contributed by atoms with Crippen molar-refractivity contribution in [1.82, 2.24) is 4.98 Å². The van der Waals surface area contributed by atoms with Gasteiger partial charge in [0.25, 0.3) is 0 Å². The smallest absolute Gasteiger partial charge is 0.0554 e. The maximum Gasteiger partial charge on any atom is 0.0554 e. The van der Waals surface area contributed by atoms with Crippen molar-refractivity contribution in [2.24, 2.45) is 0 Å². The van der Waals surface area contributed by atoms with Gasteiger partial charge in [-0.15, -0.1) is 0 Å². The van der Waals surface area contributed by atoms with E-state index in [1.165, 1.54) is 0 Å². The highest BCUT2D eigenvalue weighted by Crippen LogP contribution is 2.19. The molecule has 1 heterocycles. The Hall–Kier alpha value is -1.28. The second-order valence-corrected chi connectivity index (χ2v) is 3.23. The lowest BCUT2D eigenvalue weighted by molar-refractivity contribution is 1.04. The number of nitrogens with zero attached hydrogens (tertiary/aromatic N) is 1. The van der Waals surface area contributed by atoms with E-state index in [2.05, 4.69) is 11.1 Å². The summed E-state index contributed by atoms with van der Waals surface area (Å²) in [5.41, 5.74) is 0.990. The predicted octanol–water partition coefficient (Wildman–Crippen LogP) is 2.46. The van der Waals surface area contributed by atoms with Crippen LogP contribution < -0.4 is 0 Å². The van der Waals surface area contributed by atoms with Crippen LogP contribution in [0.2, 0.25) is 0 Å². The summed E-state index contributed by atoms with van der Waals surface area (Å²) in [7, 11) is 0. The molecule has 0 fully saturated rings. The van der Waals surface area contributed by atoms with E-state index < -0.39 is 0 Å². The van der Waals surface area contributed by atoms with Crippen molar-refractivity contribution in [3.63, 3.8) is 0 Å². The Morgan fingerprint density at radius 3 is 3.00 bits per heavy atom. The highest BCUT2D eigenvalue weighted by atomic mass is 32.1. The average Bonchev–Trinajstić information content (AvgIpc) is 2.20. The van der Waals surface area contributed by atoms with Crippen molar-refractivity contribution in [1.29, 1.82) is 0 Å². The zero-order valence-electron chi connectivity index (χ0n) is 6.97. The van der Waals surface area contributed by atoms with Crippen LogP contribution in [0, 0.1) is 6.08 Å². The minimum absolute atomic E-state index is 0.126. The van der Waals surface area contributed by atoms with Gasteiger partial charge in [-0.2, -0.15) is 0 Å². The van der Waals surface area contributed by atoms with E-state index >= 15 is 0 Å². The summed E-state index contributed by atoms with van der Waals surface area (Å²) < 4.78 is 0. The number of hydrogen-bond donors (Lipinski definition) is 0. The van der Waals surface area contributed by atoms with Gasteiger partial charge in [-0.3, -0.25) is 4.98 Å². The van der Waals surface area contributed by atoms with Gasteiger partial charge < -0.3 is 0 Å². The van der Waals surface area contributed by atoms with E-state index in [0.29, 0.717) is 0 Å². The van der Waals surface area contributed by atoms with Gasteiger partial charge in [-0.1, -0.05) is 36.5 Å². The molecule has 0 saturated carbocycles. The molecule has 63 valence electrons. The second-order valence-electron chi connectivity index (χ2n) is 2.79. The lowest BCUT2D eigenvalue weighted by Gasteiger charge is -2.12. The van der Waals surface area contributed by atoms with Crippen LogP contribution in [0.15, 0.2) is 42.6 Å². The fraction of sp³-hybridized carbons (Fsp3) is 0.0909. The minimum Gasteiger partial charge on any atom is -0.260 e. The summed E-state index contributed by atoms with van der Waals surface area (Å²) >= 11 is 5.18. The van der Waals surface area contributed by atoms with E-state index in [-0.39, 0.29) is 5.92 Å². The first kappa shape index (κ1) is 8.32. The lowest BCUT2D eigenvalue weighted by atomic mass is 9.96. The molecule has 0 amide bonds. The Labute approximate surface area is 82.8 Å². The highest BCUT2D eigenvalue weighted by molar-refractivity contribution is 7.80. The highest BCUT2D eigenvalue weighted by Gasteiger charge is 2.14. The SMILES string of the molecule is S=C1[C]=CC=CC1c1ccccn1. The van der Waals surface area contributed by atoms with Crippen LogP contribution in [-0.4, -0.2) is 9.85 Å². The Bertz CT molecular complexity index is 365. The van der Waals surface area contributed by atoms with Gasteiger partial charge >= 0.3 is 0 Å². The van der Waals surface area contributed by atoms with E-state index in [0.717, 1.165) is 10.6 Å². The molecular formula is C11H8NS. The largest absolute Gasteiger partial charge is 0.260 e. The molecule has 1 aliphatic carbocycles. The van der Waals surface area contributed by atoms with Gasteiger partial charge in [0.05, 0.1) is 11.6 Å². The Balaban J connectivity index is 2.32. The predicted molar refractivity (Wildman–Crippen MR) is 56.5 cm³/mol. The van der Waals surface area contributed by atoms with Crippen molar-refractivity contribution in [2.75, 3.05) is 0 Å². The molecule has 1 radical (unpaired) electrons. The van der Waals surface area contributed by atoms with E-state index in [1.54, 1.807) is 6.20 Å². The summed E-state index contributed by atoms with van der Waals surface area (Å²) in [5, 5.41) is 0. The van der Waals surface area contributed by atoms with Gasteiger partial charge in [-0.05, 0) is 18.2 Å². The second kappa shape index (κ2) is 3.62. The summed E-state index contributed by atoms with van der Waals surface area (Å²) in [6.45, 7) is 0. The van der Waals surface area contributed by atoms with Gasteiger partial charge in [0.2, 0.25) is 0 Å². The molecule has 0 aromatic carbocycles. The van der Waals surface area contributed by atoms with Gasteiger partial charge in [0.15, 0.2) is 0 Å². The number of rotatable bonds is 1. The van der Waals surface area contributed by atoms with Crippen molar-refractivity contribution in [3.05, 3.63) is 54.4 Å². The van der Waals surface area contributed by atoms with Crippen molar-refractivity contribution >= 4 is 17.1 Å². The summed E-state index contributed by atoms with van der Waals surface area (Å²) in [6.07, 6.45) is 10.6. The summed E-state index contributed by atoms with van der Waals surface area (Å²) in [6, 6.07) is 5.85. The summed E-state index contributed by atoms with van der Waals surface area (Å²) in [5.74, 6) is 0.126. The third-order valence-electron chi connectivity index (χ3n) is 1.91. The molecule has 1 aliphatic rings. The first-order chi connectivity index (χ1) is 6.38. The van der Waals surface area contributed by atoms with Crippen LogP contribution in [0.4, 0.5) is 0 Å². The van der Waals surface area contributed by atoms with Gasteiger partial charge in [-0.25, -0.2) is 0 Å². The maximum atomic E-state index is 5.18. The molecule has 0 bridgehead atoms. The fourth-order valence-electron chi connectivity index (χ4n) is 1.27.